The molecule has 0 aromatic rings. The van der Waals surface area contributed by atoms with Crippen LogP contribution in [0.5, 0.6) is 0 Å². The Kier molecular flexibility index (Phi) is 2.14. The maximum absolute atomic E-state index is 11.4. The molecular formula is C11H16O2. The maximum Gasteiger partial charge on any atom is 0.308 e. The van der Waals surface area contributed by atoms with E-state index >= 15 is 0 Å². The van der Waals surface area contributed by atoms with Crippen molar-refractivity contribution in [3.05, 3.63) is 11.6 Å². The minimum Gasteiger partial charge on any atom is -0.469 e. The van der Waals surface area contributed by atoms with Crippen LogP contribution in [0, 0.1) is 17.8 Å². The number of carbonyl (C=O) groups excluding carboxylic acids is 1. The summed E-state index contributed by atoms with van der Waals surface area (Å²) in [6.45, 7) is 2.07. The first-order chi connectivity index (χ1) is 6.27. The topological polar surface area (TPSA) is 26.3 Å². The molecular weight excluding hydrogens is 164 g/mol. The zero-order chi connectivity index (χ0) is 9.42. The minimum atomic E-state index is -0.0174. The zero-order valence-corrected chi connectivity index (χ0v) is 8.25. The van der Waals surface area contributed by atoms with Crippen molar-refractivity contribution in [1.82, 2.24) is 0 Å². The van der Waals surface area contributed by atoms with Crippen molar-refractivity contribution in [2.45, 2.75) is 26.2 Å². The molecule has 0 radical (unpaired) electrons. The van der Waals surface area contributed by atoms with Crippen LogP contribution in [-0.2, 0) is 9.53 Å². The second-order valence-corrected chi connectivity index (χ2v) is 4.03. The van der Waals surface area contributed by atoms with Crippen molar-refractivity contribution in [3.8, 4) is 0 Å². The van der Waals surface area contributed by atoms with E-state index < -0.39 is 0 Å². The molecule has 2 aliphatic carbocycles. The highest BCUT2D eigenvalue weighted by atomic mass is 16.5. The molecule has 0 aromatic carbocycles. The van der Waals surface area contributed by atoms with E-state index in [4.69, 9.17) is 4.74 Å². The summed E-state index contributed by atoms with van der Waals surface area (Å²) < 4.78 is 4.79. The number of allylic oxidation sites excluding steroid dienone is 2. The number of carbonyl (C=O) groups is 1. The Morgan fingerprint density at radius 2 is 2.46 bits per heavy atom. The van der Waals surface area contributed by atoms with Crippen LogP contribution in [0.1, 0.15) is 26.2 Å². The minimum absolute atomic E-state index is 0.0174. The molecule has 2 heteroatoms. The summed E-state index contributed by atoms with van der Waals surface area (Å²) in [6.07, 6.45) is 5.59. The van der Waals surface area contributed by atoms with Crippen LogP contribution in [0.15, 0.2) is 11.6 Å². The molecule has 1 saturated carbocycles. The van der Waals surface area contributed by atoms with E-state index in [0.717, 1.165) is 12.3 Å². The molecule has 0 aromatic heterocycles. The lowest BCUT2D eigenvalue weighted by Gasteiger charge is -2.10. The lowest BCUT2D eigenvalue weighted by atomic mass is 9.99. The second kappa shape index (κ2) is 3.17. The summed E-state index contributed by atoms with van der Waals surface area (Å²) in [5, 5.41) is 0. The first-order valence-corrected chi connectivity index (χ1v) is 5.04. The summed E-state index contributed by atoms with van der Waals surface area (Å²) in [5.74, 6) is 1.45. The lowest BCUT2D eigenvalue weighted by molar-refractivity contribution is -0.146. The van der Waals surface area contributed by atoms with Crippen LogP contribution in [0.25, 0.3) is 0 Å². The van der Waals surface area contributed by atoms with Gasteiger partial charge >= 0.3 is 5.97 Å². The monoisotopic (exact) mass is 180 g/mol. The SMILES string of the molecule is CC[C@H](C(=O)OC)C1CC1C1=CC1. The standard InChI is InChI=1S/C11H16O2/c1-3-8(11(12)13-2)10-6-9(10)7-4-5-7/h4,8-10H,3,5-6H2,1-2H3/t8-,9?,10?/m0/s1. The third-order valence-corrected chi connectivity index (χ3v) is 3.22. The first-order valence-electron chi connectivity index (χ1n) is 5.04. The van der Waals surface area contributed by atoms with Crippen LogP contribution in [0.2, 0.25) is 0 Å². The van der Waals surface area contributed by atoms with Gasteiger partial charge in [0.2, 0.25) is 0 Å². The molecule has 1 fully saturated rings. The van der Waals surface area contributed by atoms with Crippen molar-refractivity contribution in [1.29, 1.82) is 0 Å². The van der Waals surface area contributed by atoms with Gasteiger partial charge in [-0.25, -0.2) is 0 Å². The molecule has 0 aliphatic heterocycles. The highest BCUT2D eigenvalue weighted by molar-refractivity contribution is 5.73. The summed E-state index contributed by atoms with van der Waals surface area (Å²) in [5.41, 5.74) is 1.58. The van der Waals surface area contributed by atoms with Gasteiger partial charge in [0, 0.05) is 0 Å². The number of methoxy groups -OCH3 is 1. The lowest BCUT2D eigenvalue weighted by Crippen LogP contribution is -2.18. The third-order valence-electron chi connectivity index (χ3n) is 3.22. The van der Waals surface area contributed by atoms with Gasteiger partial charge in [0.05, 0.1) is 13.0 Å². The van der Waals surface area contributed by atoms with E-state index in [1.807, 2.05) is 0 Å². The molecule has 0 bridgehead atoms. The van der Waals surface area contributed by atoms with Crippen LogP contribution < -0.4 is 0 Å². The number of rotatable bonds is 4. The van der Waals surface area contributed by atoms with Crippen LogP contribution in [-0.4, -0.2) is 13.1 Å². The molecule has 2 rings (SSSR count). The number of esters is 1. The predicted octanol–water partition coefficient (Wildman–Crippen LogP) is 2.15. The Morgan fingerprint density at radius 3 is 2.92 bits per heavy atom. The van der Waals surface area contributed by atoms with Gasteiger partial charge in [0.1, 0.15) is 0 Å². The smallest absolute Gasteiger partial charge is 0.308 e. The normalized spacial score (nSPS) is 32.0. The van der Waals surface area contributed by atoms with Gasteiger partial charge in [-0.3, -0.25) is 4.79 Å². The van der Waals surface area contributed by atoms with Gasteiger partial charge < -0.3 is 4.74 Å². The molecule has 2 unspecified atom stereocenters. The predicted molar refractivity (Wildman–Crippen MR) is 50.1 cm³/mol. The summed E-state index contributed by atoms with van der Waals surface area (Å²) in [4.78, 5) is 11.4. The Bertz CT molecular complexity index is 255. The van der Waals surface area contributed by atoms with Gasteiger partial charge in [-0.15, -0.1) is 0 Å². The summed E-state index contributed by atoms with van der Waals surface area (Å²) >= 11 is 0. The Balaban J connectivity index is 1.91. The average molecular weight is 180 g/mol. The second-order valence-electron chi connectivity index (χ2n) is 4.03. The van der Waals surface area contributed by atoms with Crippen LogP contribution >= 0.6 is 0 Å². The summed E-state index contributed by atoms with van der Waals surface area (Å²) in [6, 6.07) is 0. The number of hydrogen-bond acceptors (Lipinski definition) is 2. The van der Waals surface area contributed by atoms with Crippen LogP contribution in [0.4, 0.5) is 0 Å². The van der Waals surface area contributed by atoms with Crippen molar-refractivity contribution < 1.29 is 9.53 Å². The van der Waals surface area contributed by atoms with Gasteiger partial charge in [-0.1, -0.05) is 18.6 Å². The van der Waals surface area contributed by atoms with E-state index in [-0.39, 0.29) is 11.9 Å². The molecule has 13 heavy (non-hydrogen) atoms. The molecule has 72 valence electrons. The molecule has 0 heterocycles. The molecule has 2 nitrogen and oxygen atoms in total. The molecule has 0 spiro atoms. The number of ether oxygens (including phenoxy) is 1. The summed E-state index contributed by atoms with van der Waals surface area (Å²) in [7, 11) is 1.48. The van der Waals surface area contributed by atoms with E-state index in [2.05, 4.69) is 13.0 Å². The van der Waals surface area contributed by atoms with E-state index in [0.29, 0.717) is 5.92 Å². The van der Waals surface area contributed by atoms with E-state index in [9.17, 15) is 4.79 Å². The Morgan fingerprint density at radius 1 is 1.77 bits per heavy atom. The van der Waals surface area contributed by atoms with E-state index in [1.54, 1.807) is 5.57 Å². The van der Waals surface area contributed by atoms with Gasteiger partial charge in [-0.2, -0.15) is 0 Å². The zero-order valence-electron chi connectivity index (χ0n) is 8.25. The average Bonchev–Trinajstić information content (AvgIpc) is 2.96. The molecule has 0 saturated heterocycles. The third kappa shape index (κ3) is 1.62. The van der Waals surface area contributed by atoms with Gasteiger partial charge in [0.25, 0.3) is 0 Å². The first kappa shape index (κ1) is 8.79. The van der Waals surface area contributed by atoms with Crippen LogP contribution in [0.3, 0.4) is 0 Å². The number of hydrogen-bond donors (Lipinski definition) is 0. The molecule has 0 N–H and O–H groups in total. The van der Waals surface area contributed by atoms with Gasteiger partial charge in [-0.05, 0) is 31.1 Å². The largest absolute Gasteiger partial charge is 0.469 e. The van der Waals surface area contributed by atoms with E-state index in [1.165, 1.54) is 20.0 Å². The Hall–Kier alpha value is -0.790. The fourth-order valence-corrected chi connectivity index (χ4v) is 2.24. The van der Waals surface area contributed by atoms with Crippen molar-refractivity contribution in [2.24, 2.45) is 17.8 Å². The highest BCUT2D eigenvalue weighted by Crippen LogP contribution is 2.54. The highest BCUT2D eigenvalue weighted by Gasteiger charge is 2.48. The maximum atomic E-state index is 11.4. The van der Waals surface area contributed by atoms with Gasteiger partial charge in [0.15, 0.2) is 0 Å². The van der Waals surface area contributed by atoms with Crippen molar-refractivity contribution >= 4 is 5.97 Å². The fourth-order valence-electron chi connectivity index (χ4n) is 2.24. The Labute approximate surface area is 79.0 Å². The van der Waals surface area contributed by atoms with Crippen molar-refractivity contribution in [2.75, 3.05) is 7.11 Å². The van der Waals surface area contributed by atoms with Crippen molar-refractivity contribution in [3.63, 3.8) is 0 Å². The molecule has 2 aliphatic rings. The molecule has 3 atom stereocenters. The fraction of sp³-hybridized carbons (Fsp3) is 0.727. The quantitative estimate of drug-likeness (QED) is 0.489. The molecule has 0 amide bonds.